The third kappa shape index (κ3) is 5.71. The highest BCUT2D eigenvalue weighted by Gasteiger charge is 2.77. The number of rotatable bonds is 12. The van der Waals surface area contributed by atoms with E-state index >= 15 is 4.79 Å². The summed E-state index contributed by atoms with van der Waals surface area (Å²) in [6, 6.07) is 23.0. The van der Waals surface area contributed by atoms with Gasteiger partial charge in [0.15, 0.2) is 0 Å². The molecule has 3 aromatic rings. The number of alkyl halides is 1. The van der Waals surface area contributed by atoms with Crippen LogP contribution in [0.4, 0.5) is 11.4 Å². The Balaban J connectivity index is 1.49. The predicted molar refractivity (Wildman–Crippen MR) is 191 cm³/mol. The highest BCUT2D eigenvalue weighted by Crippen LogP contribution is 2.61. The third-order valence-electron chi connectivity index (χ3n) is 10.0. The fourth-order valence-electron chi connectivity index (χ4n) is 7.99. The smallest absolute Gasteiger partial charge is 0.253 e. The van der Waals surface area contributed by atoms with E-state index in [0.29, 0.717) is 24.2 Å². The van der Waals surface area contributed by atoms with E-state index in [-0.39, 0.29) is 42.2 Å². The Kier molecular flexibility index (Phi) is 9.74. The van der Waals surface area contributed by atoms with Gasteiger partial charge in [-0.15, -0.1) is 13.2 Å². The molecule has 0 saturated carbocycles. The summed E-state index contributed by atoms with van der Waals surface area (Å²) in [7, 11) is 0. The predicted octanol–water partition coefficient (Wildman–Crippen LogP) is 5.39. The minimum absolute atomic E-state index is 0.204. The number of anilines is 2. The third-order valence-corrected chi connectivity index (χ3v) is 10.9. The van der Waals surface area contributed by atoms with Crippen molar-refractivity contribution in [1.82, 2.24) is 4.90 Å². The molecule has 3 aliphatic heterocycles. The number of likely N-dealkylation sites (tertiary alicyclic amines) is 1. The molecule has 3 amide bonds. The van der Waals surface area contributed by atoms with Crippen LogP contribution in [-0.2, 0) is 25.5 Å². The van der Waals surface area contributed by atoms with Crippen molar-refractivity contribution in [2.24, 2.45) is 11.8 Å². The standard InChI is InChI=1S/C39H42BrN3O5/c1-5-19-41(28-15-11-8-12-16-28)36(45)32-33-37(46)43(29(24-44)22-27-13-9-7-10-14-27)35(39(33)23-30(40)34(32)48-39)38(47)42(20-6-2)31-21-25(3)17-18-26(31)4/h5-18,21,29-30,32-35,44H,1-2,19-20,22-24H2,3-4H3/t29-,30?,32+,33+,34+,35?,39?/m1/s1. The molecule has 2 bridgehead atoms. The zero-order valence-electron chi connectivity index (χ0n) is 27.4. The molecule has 250 valence electrons. The Morgan fingerprint density at radius 2 is 1.65 bits per heavy atom. The molecule has 7 atom stereocenters. The minimum Gasteiger partial charge on any atom is -0.394 e. The average Bonchev–Trinajstić information content (AvgIpc) is 3.69. The fraction of sp³-hybridized carbons (Fsp3) is 0.359. The van der Waals surface area contributed by atoms with E-state index in [1.807, 2.05) is 92.7 Å². The fourth-order valence-corrected chi connectivity index (χ4v) is 8.94. The number of para-hydroxylation sites is 1. The zero-order valence-corrected chi connectivity index (χ0v) is 29.0. The summed E-state index contributed by atoms with van der Waals surface area (Å²) < 4.78 is 6.85. The number of aliphatic hydroxyl groups is 1. The second-order valence-electron chi connectivity index (χ2n) is 13.0. The molecule has 1 N–H and O–H groups in total. The first kappa shape index (κ1) is 33.8. The van der Waals surface area contributed by atoms with E-state index in [4.69, 9.17) is 4.74 Å². The van der Waals surface area contributed by atoms with Crippen LogP contribution >= 0.6 is 15.9 Å². The van der Waals surface area contributed by atoms with Crippen LogP contribution in [0.2, 0.25) is 0 Å². The molecular weight excluding hydrogens is 670 g/mol. The van der Waals surface area contributed by atoms with E-state index in [1.165, 1.54) is 0 Å². The Hall–Kier alpha value is -4.05. The molecule has 9 heteroatoms. The van der Waals surface area contributed by atoms with Crippen LogP contribution in [-0.4, -0.2) is 76.0 Å². The van der Waals surface area contributed by atoms with Gasteiger partial charge >= 0.3 is 0 Å². The molecule has 0 aromatic heterocycles. The lowest BCUT2D eigenvalue weighted by atomic mass is 9.70. The molecule has 8 nitrogen and oxygen atoms in total. The van der Waals surface area contributed by atoms with E-state index in [2.05, 4.69) is 29.1 Å². The van der Waals surface area contributed by atoms with Crippen LogP contribution in [0.25, 0.3) is 0 Å². The van der Waals surface area contributed by atoms with Gasteiger partial charge < -0.3 is 24.5 Å². The SMILES string of the molecule is C=CCN(C(=O)[C@H]1[C@H]2C(=O)N([C@@H](CO)Cc3ccccc3)C(C(=O)N(CC=C)c3cc(C)ccc3C)C23CC(Br)[C@@H]1O3)c1ccccc1. The maximum absolute atomic E-state index is 15.2. The van der Waals surface area contributed by atoms with Crippen molar-refractivity contribution in [3.05, 3.63) is 121 Å². The lowest BCUT2D eigenvalue weighted by Crippen LogP contribution is -2.59. The number of hydrogen-bond donors (Lipinski definition) is 1. The molecule has 6 rings (SSSR count). The molecule has 48 heavy (non-hydrogen) atoms. The van der Waals surface area contributed by atoms with Crippen molar-refractivity contribution in [3.63, 3.8) is 0 Å². The summed E-state index contributed by atoms with van der Waals surface area (Å²) >= 11 is 3.80. The highest BCUT2D eigenvalue weighted by atomic mass is 79.9. The van der Waals surface area contributed by atoms with Crippen LogP contribution in [0.1, 0.15) is 23.1 Å². The van der Waals surface area contributed by atoms with Gasteiger partial charge in [0.05, 0.1) is 30.6 Å². The summed E-state index contributed by atoms with van der Waals surface area (Å²) in [5.74, 6) is -2.73. The molecule has 3 unspecified atom stereocenters. The largest absolute Gasteiger partial charge is 0.394 e. The number of carbonyl (C=O) groups is 3. The highest BCUT2D eigenvalue weighted by molar-refractivity contribution is 9.09. The van der Waals surface area contributed by atoms with Gasteiger partial charge in [0.2, 0.25) is 11.8 Å². The van der Waals surface area contributed by atoms with Gasteiger partial charge in [-0.05, 0) is 61.6 Å². The number of halogens is 1. The number of fused-ring (bicyclic) bond motifs is 1. The summed E-state index contributed by atoms with van der Waals surface area (Å²) in [4.78, 5) is 49.4. The van der Waals surface area contributed by atoms with Crippen LogP contribution in [0.5, 0.6) is 0 Å². The zero-order chi connectivity index (χ0) is 34.2. The number of aryl methyl sites for hydroxylation is 2. The molecule has 3 heterocycles. The van der Waals surface area contributed by atoms with Crippen LogP contribution < -0.4 is 9.80 Å². The van der Waals surface area contributed by atoms with E-state index in [1.54, 1.807) is 26.9 Å². The summed E-state index contributed by atoms with van der Waals surface area (Å²) in [5, 5.41) is 10.9. The van der Waals surface area contributed by atoms with Crippen molar-refractivity contribution in [1.29, 1.82) is 0 Å². The van der Waals surface area contributed by atoms with E-state index in [9.17, 15) is 14.7 Å². The lowest BCUT2D eigenvalue weighted by Gasteiger charge is -2.40. The van der Waals surface area contributed by atoms with Crippen molar-refractivity contribution in [2.45, 2.75) is 55.3 Å². The molecule has 0 radical (unpaired) electrons. The second kappa shape index (κ2) is 13.8. The number of benzene rings is 3. The van der Waals surface area contributed by atoms with Gasteiger partial charge in [0, 0.05) is 29.3 Å². The quantitative estimate of drug-likeness (QED) is 0.201. The maximum Gasteiger partial charge on any atom is 0.253 e. The van der Waals surface area contributed by atoms with E-state index < -0.39 is 35.6 Å². The van der Waals surface area contributed by atoms with Crippen molar-refractivity contribution in [2.75, 3.05) is 29.5 Å². The number of ether oxygens (including phenoxy) is 1. The van der Waals surface area contributed by atoms with Gasteiger partial charge in [-0.3, -0.25) is 14.4 Å². The van der Waals surface area contributed by atoms with Crippen LogP contribution in [0.3, 0.4) is 0 Å². The summed E-state index contributed by atoms with van der Waals surface area (Å²) in [6.45, 7) is 11.8. The Morgan fingerprint density at radius 1 is 1.00 bits per heavy atom. The van der Waals surface area contributed by atoms with Crippen LogP contribution in [0.15, 0.2) is 104 Å². The number of nitrogens with zero attached hydrogens (tertiary/aromatic N) is 3. The Morgan fingerprint density at radius 3 is 2.29 bits per heavy atom. The average molecular weight is 713 g/mol. The van der Waals surface area contributed by atoms with Crippen molar-refractivity contribution < 1.29 is 24.2 Å². The van der Waals surface area contributed by atoms with Crippen molar-refractivity contribution >= 4 is 45.0 Å². The first-order valence-electron chi connectivity index (χ1n) is 16.4. The number of carbonyl (C=O) groups excluding carboxylic acids is 3. The first-order valence-corrected chi connectivity index (χ1v) is 17.3. The van der Waals surface area contributed by atoms with Gasteiger partial charge in [0.1, 0.15) is 11.6 Å². The molecule has 3 aromatic carbocycles. The Labute approximate surface area is 290 Å². The monoisotopic (exact) mass is 711 g/mol. The van der Waals surface area contributed by atoms with Gasteiger partial charge in [-0.1, -0.05) is 88.7 Å². The Bertz CT molecular complexity index is 1700. The summed E-state index contributed by atoms with van der Waals surface area (Å²) in [6.07, 6.45) is 3.38. The van der Waals surface area contributed by atoms with Gasteiger partial charge in [-0.25, -0.2) is 0 Å². The molecule has 0 aliphatic carbocycles. The minimum atomic E-state index is -1.30. The van der Waals surface area contributed by atoms with Crippen molar-refractivity contribution in [3.8, 4) is 0 Å². The number of aliphatic hydroxyl groups excluding tert-OH is 1. The lowest BCUT2D eigenvalue weighted by molar-refractivity contribution is -0.144. The topological polar surface area (TPSA) is 90.4 Å². The number of amides is 3. The molecule has 3 fully saturated rings. The summed E-state index contributed by atoms with van der Waals surface area (Å²) in [5.41, 5.74) is 2.90. The second-order valence-corrected chi connectivity index (χ2v) is 14.2. The molecule has 1 spiro atoms. The van der Waals surface area contributed by atoms with Crippen LogP contribution in [0, 0.1) is 25.7 Å². The molecule has 3 aliphatic rings. The maximum atomic E-state index is 15.2. The van der Waals surface area contributed by atoms with E-state index in [0.717, 1.165) is 16.7 Å². The number of hydrogen-bond acceptors (Lipinski definition) is 5. The normalized spacial score (nSPS) is 26.2. The van der Waals surface area contributed by atoms with Gasteiger partial charge in [-0.2, -0.15) is 0 Å². The van der Waals surface area contributed by atoms with Gasteiger partial charge in [0.25, 0.3) is 5.91 Å². The molecular formula is C39H42BrN3O5. The molecule has 3 saturated heterocycles. The first-order chi connectivity index (χ1) is 23.2.